The molecule has 2 amide bonds. The van der Waals surface area contributed by atoms with Crippen LogP contribution in [0.3, 0.4) is 0 Å². The zero-order chi connectivity index (χ0) is 23.3. The highest BCUT2D eigenvalue weighted by Crippen LogP contribution is 2.19. The minimum atomic E-state index is -0.844. The molecule has 1 aliphatic heterocycles. The van der Waals surface area contributed by atoms with Gasteiger partial charge in [-0.25, -0.2) is 0 Å². The smallest absolute Gasteiger partial charge is 0.311 e. The molecule has 1 heterocycles. The van der Waals surface area contributed by atoms with Crippen LogP contribution in [0.15, 0.2) is 48.5 Å². The Morgan fingerprint density at radius 2 is 1.72 bits per heavy atom. The first-order valence-corrected chi connectivity index (χ1v) is 9.48. The Balaban J connectivity index is 1.51. The van der Waals surface area contributed by atoms with E-state index in [4.69, 9.17) is 9.47 Å². The SMILES string of the molecule is COc1ccc(C(=O)COC(=O)[C@H]2CC(=O)N(NC(=O)c3ccc([N+](=O)[O-])cc3)C2)cc1. The van der Waals surface area contributed by atoms with Crippen molar-refractivity contribution >= 4 is 29.3 Å². The Bertz CT molecular complexity index is 1050. The number of esters is 1. The fourth-order valence-electron chi connectivity index (χ4n) is 3.01. The largest absolute Gasteiger partial charge is 0.497 e. The number of rotatable bonds is 8. The molecular formula is C21H19N3O8. The summed E-state index contributed by atoms with van der Waals surface area (Å²) in [4.78, 5) is 59.0. The molecule has 0 saturated carbocycles. The predicted molar refractivity (Wildman–Crippen MR) is 109 cm³/mol. The number of ketones is 1. The Kier molecular flexibility index (Phi) is 6.78. The first-order chi connectivity index (χ1) is 15.3. The lowest BCUT2D eigenvalue weighted by Gasteiger charge is -2.17. The third-order valence-electron chi connectivity index (χ3n) is 4.79. The number of hydrazine groups is 1. The molecule has 0 spiro atoms. The van der Waals surface area contributed by atoms with E-state index >= 15 is 0 Å². The summed E-state index contributed by atoms with van der Waals surface area (Å²) in [7, 11) is 1.50. The number of nitrogens with zero attached hydrogens (tertiary/aromatic N) is 2. The van der Waals surface area contributed by atoms with E-state index in [1.165, 1.54) is 31.4 Å². The first kappa shape index (κ1) is 22.4. The Hall–Kier alpha value is -4.28. The lowest BCUT2D eigenvalue weighted by molar-refractivity contribution is -0.384. The van der Waals surface area contributed by atoms with Gasteiger partial charge in [0.05, 0.1) is 24.5 Å². The maximum Gasteiger partial charge on any atom is 0.311 e. The van der Waals surface area contributed by atoms with Gasteiger partial charge in [-0.1, -0.05) is 0 Å². The number of carbonyl (C=O) groups excluding carboxylic acids is 4. The predicted octanol–water partition coefficient (Wildman–Crippen LogP) is 1.52. The van der Waals surface area contributed by atoms with Gasteiger partial charge < -0.3 is 9.47 Å². The van der Waals surface area contributed by atoms with E-state index in [1.54, 1.807) is 24.3 Å². The van der Waals surface area contributed by atoms with E-state index in [0.29, 0.717) is 11.3 Å². The number of non-ortho nitro benzene ring substituents is 1. The average Bonchev–Trinajstić information content (AvgIpc) is 3.17. The van der Waals surface area contributed by atoms with Gasteiger partial charge in [0.15, 0.2) is 12.4 Å². The van der Waals surface area contributed by atoms with E-state index in [9.17, 15) is 29.3 Å². The number of amides is 2. The van der Waals surface area contributed by atoms with Crippen LogP contribution in [0.4, 0.5) is 5.69 Å². The molecule has 0 unspecified atom stereocenters. The number of nitro groups is 1. The second kappa shape index (κ2) is 9.69. The number of benzene rings is 2. The van der Waals surface area contributed by atoms with Crippen molar-refractivity contribution in [2.45, 2.75) is 6.42 Å². The van der Waals surface area contributed by atoms with E-state index in [1.807, 2.05) is 0 Å². The lowest BCUT2D eigenvalue weighted by Crippen LogP contribution is -2.43. The Labute approximate surface area is 182 Å². The maximum atomic E-state index is 12.3. The molecule has 0 aromatic heterocycles. The molecule has 1 fully saturated rings. The van der Waals surface area contributed by atoms with Crippen molar-refractivity contribution in [3.63, 3.8) is 0 Å². The monoisotopic (exact) mass is 441 g/mol. The molecule has 1 saturated heterocycles. The standard InChI is InChI=1S/C21H19N3O8/c1-31-17-8-4-13(5-9-17)18(25)12-32-21(28)15-10-19(26)23(11-15)22-20(27)14-2-6-16(7-3-14)24(29)30/h2-9,15H,10-12H2,1H3,(H,22,27)/t15-/m0/s1. The number of carbonyl (C=O) groups is 4. The van der Waals surface area contributed by atoms with Crippen LogP contribution in [0.25, 0.3) is 0 Å². The van der Waals surface area contributed by atoms with Crippen molar-refractivity contribution < 1.29 is 33.6 Å². The third kappa shape index (κ3) is 5.25. The molecule has 0 radical (unpaired) electrons. The van der Waals surface area contributed by atoms with Crippen LogP contribution in [-0.2, 0) is 14.3 Å². The zero-order valence-corrected chi connectivity index (χ0v) is 17.0. The van der Waals surface area contributed by atoms with Gasteiger partial charge in [-0.2, -0.15) is 0 Å². The number of hydrogen-bond donors (Lipinski definition) is 1. The summed E-state index contributed by atoms with van der Waals surface area (Å²) in [6, 6.07) is 11.1. The highest BCUT2D eigenvalue weighted by molar-refractivity contribution is 5.99. The molecule has 11 heteroatoms. The molecule has 0 aliphatic carbocycles. The van der Waals surface area contributed by atoms with Crippen molar-refractivity contribution in [2.24, 2.45) is 5.92 Å². The van der Waals surface area contributed by atoms with Crippen LogP contribution in [0.2, 0.25) is 0 Å². The summed E-state index contributed by atoms with van der Waals surface area (Å²) in [5, 5.41) is 11.7. The second-order valence-corrected chi connectivity index (χ2v) is 6.91. The normalized spacial score (nSPS) is 15.2. The molecule has 1 aliphatic rings. The Morgan fingerprint density at radius 1 is 1.09 bits per heavy atom. The molecular weight excluding hydrogens is 422 g/mol. The number of Topliss-reactive ketones (excluding diaryl/α,β-unsaturated/α-hetero) is 1. The lowest BCUT2D eigenvalue weighted by atomic mass is 10.1. The topological polar surface area (TPSA) is 145 Å². The minimum Gasteiger partial charge on any atom is -0.497 e. The van der Waals surface area contributed by atoms with Crippen molar-refractivity contribution in [1.82, 2.24) is 10.4 Å². The average molecular weight is 441 g/mol. The second-order valence-electron chi connectivity index (χ2n) is 6.91. The molecule has 1 atom stereocenters. The summed E-state index contributed by atoms with van der Waals surface area (Å²) < 4.78 is 10.1. The van der Waals surface area contributed by atoms with Gasteiger partial charge in [0.1, 0.15) is 5.75 Å². The van der Waals surface area contributed by atoms with Crippen LogP contribution in [0.1, 0.15) is 27.1 Å². The van der Waals surface area contributed by atoms with Crippen LogP contribution in [-0.4, -0.2) is 53.8 Å². The van der Waals surface area contributed by atoms with Gasteiger partial charge >= 0.3 is 5.97 Å². The molecule has 0 bridgehead atoms. The van der Waals surface area contributed by atoms with Gasteiger partial charge in [-0.3, -0.25) is 39.7 Å². The third-order valence-corrected chi connectivity index (χ3v) is 4.79. The zero-order valence-electron chi connectivity index (χ0n) is 17.0. The van der Waals surface area contributed by atoms with Gasteiger partial charge in [0, 0.05) is 29.7 Å². The summed E-state index contributed by atoms with van der Waals surface area (Å²) in [6.07, 6.45) is -0.184. The molecule has 2 aromatic rings. The van der Waals surface area contributed by atoms with E-state index in [2.05, 4.69) is 5.43 Å². The number of ether oxygens (including phenoxy) is 2. The van der Waals surface area contributed by atoms with Gasteiger partial charge in [0.25, 0.3) is 11.6 Å². The van der Waals surface area contributed by atoms with Gasteiger partial charge in [-0.15, -0.1) is 0 Å². The summed E-state index contributed by atoms with van der Waals surface area (Å²) in [6.45, 7) is -0.599. The van der Waals surface area contributed by atoms with Crippen molar-refractivity contribution in [3.05, 3.63) is 69.8 Å². The number of nitro benzene ring substituents is 1. The van der Waals surface area contributed by atoms with E-state index < -0.39 is 41.0 Å². The molecule has 2 aromatic carbocycles. The molecule has 3 rings (SSSR count). The fourth-order valence-corrected chi connectivity index (χ4v) is 3.01. The van der Waals surface area contributed by atoms with Crippen LogP contribution < -0.4 is 10.2 Å². The van der Waals surface area contributed by atoms with Crippen LogP contribution in [0.5, 0.6) is 5.75 Å². The maximum absolute atomic E-state index is 12.3. The van der Waals surface area contributed by atoms with E-state index in [-0.39, 0.29) is 24.2 Å². The molecule has 32 heavy (non-hydrogen) atoms. The highest BCUT2D eigenvalue weighted by atomic mass is 16.6. The quantitative estimate of drug-likeness (QED) is 0.281. The molecule has 11 nitrogen and oxygen atoms in total. The van der Waals surface area contributed by atoms with Gasteiger partial charge in [0.2, 0.25) is 5.91 Å². The van der Waals surface area contributed by atoms with Gasteiger partial charge in [-0.05, 0) is 36.4 Å². The molecule has 1 N–H and O–H groups in total. The van der Waals surface area contributed by atoms with Crippen molar-refractivity contribution in [2.75, 3.05) is 20.3 Å². The fraction of sp³-hybridized carbons (Fsp3) is 0.238. The number of nitrogens with one attached hydrogen (secondary N) is 1. The van der Waals surface area contributed by atoms with Crippen molar-refractivity contribution in [3.8, 4) is 5.75 Å². The highest BCUT2D eigenvalue weighted by Gasteiger charge is 2.36. The van der Waals surface area contributed by atoms with E-state index in [0.717, 1.165) is 5.01 Å². The minimum absolute atomic E-state index is 0.111. The van der Waals surface area contributed by atoms with Crippen LogP contribution in [0, 0.1) is 16.0 Å². The summed E-state index contributed by atoms with van der Waals surface area (Å²) in [5.41, 5.74) is 2.65. The Morgan fingerprint density at radius 3 is 2.31 bits per heavy atom. The summed E-state index contributed by atoms with van der Waals surface area (Å²) in [5.74, 6) is -2.55. The molecule has 166 valence electrons. The van der Waals surface area contributed by atoms with Crippen molar-refractivity contribution in [1.29, 1.82) is 0 Å². The van der Waals surface area contributed by atoms with Crippen LogP contribution >= 0.6 is 0 Å². The number of hydrogen-bond acceptors (Lipinski definition) is 8. The first-order valence-electron chi connectivity index (χ1n) is 9.48. The summed E-state index contributed by atoms with van der Waals surface area (Å²) >= 11 is 0. The number of methoxy groups -OCH3 is 1.